The third-order valence-electron chi connectivity index (χ3n) is 7.97. The summed E-state index contributed by atoms with van der Waals surface area (Å²) in [7, 11) is -2.69. The van der Waals surface area contributed by atoms with Crippen LogP contribution in [0.25, 0.3) is 6.08 Å². The first-order valence-corrected chi connectivity index (χ1v) is 18.0. The molecule has 3 rings (SSSR count). The van der Waals surface area contributed by atoms with Gasteiger partial charge in [0, 0.05) is 5.41 Å². The third-order valence-corrected chi connectivity index (χ3v) is 11.8. The van der Waals surface area contributed by atoms with Crippen molar-refractivity contribution in [2.45, 2.75) is 113 Å². The predicted molar refractivity (Wildman–Crippen MR) is 186 cm³/mol. The number of hydrogen-bond donors (Lipinski definition) is 0. The first-order chi connectivity index (χ1) is 19.4. The van der Waals surface area contributed by atoms with Crippen LogP contribution >= 0.6 is 0 Å². The summed E-state index contributed by atoms with van der Waals surface area (Å²) in [5.74, 6) is 5.06. The zero-order valence-corrected chi connectivity index (χ0v) is 28.6. The summed E-state index contributed by atoms with van der Waals surface area (Å²) in [5, 5.41) is 2.87. The fraction of sp³-hybridized carbons (Fsp3) is 0.450. The van der Waals surface area contributed by atoms with Crippen LogP contribution < -0.4 is 10.4 Å². The fourth-order valence-electron chi connectivity index (χ4n) is 5.49. The summed E-state index contributed by atoms with van der Waals surface area (Å²) in [6.45, 7) is 23.0. The van der Waals surface area contributed by atoms with Crippen molar-refractivity contribution in [1.29, 1.82) is 0 Å². The van der Waals surface area contributed by atoms with Gasteiger partial charge >= 0.3 is 0 Å². The maximum atomic E-state index is 4.06. The van der Waals surface area contributed by atoms with Crippen molar-refractivity contribution < 1.29 is 0 Å². The van der Waals surface area contributed by atoms with Gasteiger partial charge in [0.1, 0.15) is 0 Å². The summed E-state index contributed by atoms with van der Waals surface area (Å²) in [5.41, 5.74) is 13.6. The van der Waals surface area contributed by atoms with E-state index in [-0.39, 0.29) is 5.41 Å². The third kappa shape index (κ3) is 8.59. The molecule has 1 unspecified atom stereocenters. The van der Waals surface area contributed by atoms with Gasteiger partial charge in [0.15, 0.2) is 0 Å². The lowest BCUT2D eigenvalue weighted by atomic mass is 9.89. The van der Waals surface area contributed by atoms with Gasteiger partial charge in [0.25, 0.3) is 0 Å². The molecule has 0 N–H and O–H groups in total. The molecule has 41 heavy (non-hydrogen) atoms. The Morgan fingerprint density at radius 1 is 0.756 bits per heavy atom. The number of benzene rings is 3. The van der Waals surface area contributed by atoms with E-state index in [0.29, 0.717) is 17.8 Å². The van der Waals surface area contributed by atoms with E-state index in [1.54, 1.807) is 0 Å². The van der Waals surface area contributed by atoms with Gasteiger partial charge in [0.05, 0.1) is 0 Å². The topological polar surface area (TPSA) is 0 Å². The Morgan fingerprint density at radius 2 is 1.34 bits per heavy atom. The lowest BCUT2D eigenvalue weighted by Crippen LogP contribution is -2.59. The summed E-state index contributed by atoms with van der Waals surface area (Å²) in [4.78, 5) is 0. The second kappa shape index (κ2) is 14.4. The molecule has 0 aliphatic carbocycles. The Labute approximate surface area is 253 Å². The number of hydrogen-bond acceptors (Lipinski definition) is 0. The molecule has 1 atom stereocenters. The maximum Gasteiger partial charge on any atom is 0.223 e. The van der Waals surface area contributed by atoms with E-state index in [0.717, 1.165) is 6.42 Å². The van der Waals surface area contributed by atoms with E-state index < -0.39 is 8.07 Å². The molecule has 0 radical (unpaired) electrons. The van der Waals surface area contributed by atoms with E-state index in [1.165, 1.54) is 57.5 Å². The van der Waals surface area contributed by atoms with Gasteiger partial charge < -0.3 is 0 Å². The lowest BCUT2D eigenvalue weighted by Gasteiger charge is -2.33. The standard InChI is InChI=1S/C40H54Si/c1-11-12-14-17-33-20-22-34(23-21-33)24-26-41(27-25-40(8,9)10,36-18-15-13-16-19-36)39-37(31(4)5)28-35(30(2)3)29-38(39)32(6)7/h13,15-16,18-24,26,28-32H,11-12,14,17H2,1-10H3/b26-24+. The van der Waals surface area contributed by atoms with Crippen LogP contribution in [0.3, 0.4) is 0 Å². The Hall–Kier alpha value is -2.82. The van der Waals surface area contributed by atoms with E-state index in [4.69, 9.17) is 0 Å². The maximum absolute atomic E-state index is 4.06. The van der Waals surface area contributed by atoms with Crippen LogP contribution in [0.5, 0.6) is 0 Å². The Morgan fingerprint density at radius 3 is 1.83 bits per heavy atom. The summed E-state index contributed by atoms with van der Waals surface area (Å²) >= 11 is 0. The highest BCUT2D eigenvalue weighted by Gasteiger charge is 2.39. The van der Waals surface area contributed by atoms with Crippen LogP contribution in [-0.4, -0.2) is 8.07 Å². The van der Waals surface area contributed by atoms with Gasteiger partial charge in [-0.1, -0.05) is 140 Å². The van der Waals surface area contributed by atoms with Crippen molar-refractivity contribution in [3.63, 3.8) is 0 Å². The summed E-state index contributed by atoms with van der Waals surface area (Å²) < 4.78 is 0. The van der Waals surface area contributed by atoms with Crippen molar-refractivity contribution in [3.05, 3.63) is 100 Å². The van der Waals surface area contributed by atoms with Crippen LogP contribution in [0.2, 0.25) is 0 Å². The average molecular weight is 563 g/mol. The first-order valence-electron chi connectivity index (χ1n) is 15.9. The van der Waals surface area contributed by atoms with Crippen LogP contribution in [0, 0.1) is 16.9 Å². The number of rotatable bonds is 11. The highest BCUT2D eigenvalue weighted by atomic mass is 28.3. The normalized spacial score (nSPS) is 13.6. The molecule has 0 saturated carbocycles. The van der Waals surface area contributed by atoms with Crippen molar-refractivity contribution in [1.82, 2.24) is 0 Å². The monoisotopic (exact) mass is 562 g/mol. The van der Waals surface area contributed by atoms with Gasteiger partial charge in [-0.25, -0.2) is 0 Å². The van der Waals surface area contributed by atoms with Crippen LogP contribution in [0.4, 0.5) is 0 Å². The van der Waals surface area contributed by atoms with Gasteiger partial charge in [-0.05, 0) is 89.6 Å². The molecule has 0 bridgehead atoms. The van der Waals surface area contributed by atoms with Crippen molar-refractivity contribution >= 4 is 24.5 Å². The van der Waals surface area contributed by atoms with Crippen molar-refractivity contribution in [2.24, 2.45) is 5.41 Å². The lowest BCUT2D eigenvalue weighted by molar-refractivity contribution is 0.571. The number of aryl methyl sites for hydroxylation is 1. The molecule has 0 amide bonds. The Kier molecular flexibility index (Phi) is 11.5. The molecular formula is C40H54Si. The van der Waals surface area contributed by atoms with Crippen molar-refractivity contribution in [2.75, 3.05) is 0 Å². The summed E-state index contributed by atoms with van der Waals surface area (Å²) in [6, 6.07) is 25.4. The minimum absolute atomic E-state index is 0.0884. The van der Waals surface area contributed by atoms with E-state index in [1.807, 2.05) is 0 Å². The molecule has 0 saturated heterocycles. The fourth-order valence-corrected chi connectivity index (χ4v) is 9.86. The zero-order valence-electron chi connectivity index (χ0n) is 27.6. The van der Waals surface area contributed by atoms with E-state index in [9.17, 15) is 0 Å². The molecule has 0 aliphatic heterocycles. The van der Waals surface area contributed by atoms with Crippen molar-refractivity contribution in [3.8, 4) is 11.5 Å². The van der Waals surface area contributed by atoms with Crippen LogP contribution in [0.1, 0.15) is 134 Å². The molecule has 3 aromatic rings. The first kappa shape index (κ1) is 32.7. The SMILES string of the molecule is CCCCCc1ccc(/C=C/[Si](C#CC(C)(C)C)(c2ccccc2)c2c(C(C)C)cc(C(C)C)cc2C(C)C)cc1. The minimum Gasteiger partial charge on any atom is -0.114 e. The van der Waals surface area contributed by atoms with Gasteiger partial charge in [0.2, 0.25) is 8.07 Å². The van der Waals surface area contributed by atoms with Gasteiger partial charge in [-0.15, -0.1) is 11.5 Å². The Balaban J connectivity index is 2.37. The quantitative estimate of drug-likeness (QED) is 0.124. The molecule has 0 spiro atoms. The van der Waals surface area contributed by atoms with Crippen LogP contribution in [0.15, 0.2) is 72.4 Å². The molecule has 218 valence electrons. The molecule has 0 aromatic heterocycles. The molecule has 0 nitrogen and oxygen atoms in total. The molecular weight excluding hydrogens is 509 g/mol. The highest BCUT2D eigenvalue weighted by molar-refractivity contribution is 7.12. The molecule has 3 aromatic carbocycles. The molecule has 1 heteroatoms. The Bertz CT molecular complexity index is 1310. The van der Waals surface area contributed by atoms with E-state index >= 15 is 0 Å². The second-order valence-electron chi connectivity index (χ2n) is 13.7. The highest BCUT2D eigenvalue weighted by Crippen LogP contribution is 2.29. The van der Waals surface area contributed by atoms with E-state index in [2.05, 4.69) is 159 Å². The molecule has 0 heterocycles. The second-order valence-corrected chi connectivity index (χ2v) is 17.0. The average Bonchev–Trinajstić information content (AvgIpc) is 2.93. The zero-order chi connectivity index (χ0) is 30.2. The molecule has 0 fully saturated rings. The largest absolute Gasteiger partial charge is 0.223 e. The minimum atomic E-state index is -2.69. The van der Waals surface area contributed by atoms with Gasteiger partial charge in [-0.2, -0.15) is 0 Å². The smallest absolute Gasteiger partial charge is 0.114 e. The summed E-state index contributed by atoms with van der Waals surface area (Å²) in [6.07, 6.45) is 7.36. The number of unbranched alkanes of at least 4 members (excludes halogenated alkanes) is 2. The van der Waals surface area contributed by atoms with Gasteiger partial charge in [-0.3, -0.25) is 0 Å². The predicted octanol–water partition coefficient (Wildman–Crippen LogP) is 10.2. The molecule has 0 aliphatic rings. The van der Waals surface area contributed by atoms with Crippen LogP contribution in [-0.2, 0) is 6.42 Å².